The highest BCUT2D eigenvalue weighted by Crippen LogP contribution is 2.10. The van der Waals surface area contributed by atoms with Gasteiger partial charge in [-0.2, -0.15) is 0 Å². The summed E-state index contributed by atoms with van der Waals surface area (Å²) in [5.74, 6) is -0.297. The summed E-state index contributed by atoms with van der Waals surface area (Å²) in [7, 11) is 0. The van der Waals surface area contributed by atoms with Crippen molar-refractivity contribution in [3.8, 4) is 0 Å². The number of nitrogens with zero attached hydrogens (tertiary/aromatic N) is 1. The molecule has 1 rings (SSSR count). The van der Waals surface area contributed by atoms with Gasteiger partial charge in [-0.15, -0.1) is 0 Å². The highest BCUT2D eigenvalue weighted by Gasteiger charge is 2.08. The van der Waals surface area contributed by atoms with Gasteiger partial charge in [0, 0.05) is 6.54 Å². The van der Waals surface area contributed by atoms with E-state index in [9.17, 15) is 4.79 Å². The van der Waals surface area contributed by atoms with Crippen molar-refractivity contribution in [1.82, 2.24) is 4.98 Å². The van der Waals surface area contributed by atoms with Crippen LogP contribution in [-0.4, -0.2) is 33.8 Å². The van der Waals surface area contributed by atoms with Crippen LogP contribution in [0, 0.1) is 6.92 Å². The number of aryl methyl sites for hydroxylation is 1. The number of aliphatic hydroxyl groups excluding tert-OH is 1. The number of aliphatic hydroxyl groups is 1. The van der Waals surface area contributed by atoms with E-state index in [1.807, 2.05) is 0 Å². The maximum Gasteiger partial charge on any atom is 0.337 e. The van der Waals surface area contributed by atoms with Gasteiger partial charge in [-0.1, -0.05) is 0 Å². The minimum absolute atomic E-state index is 0.222. The van der Waals surface area contributed by atoms with Gasteiger partial charge in [-0.3, -0.25) is 0 Å². The standard InChI is InChI=1S/C12H18N2O3/c1-8(15)4-3-7-13-11-6-5-10(12(16)17)9(2)14-11/h5-6,8,15H,3-4,7H2,1-2H3,(H,13,14)(H,16,17). The monoisotopic (exact) mass is 238 g/mol. The van der Waals surface area contributed by atoms with Crippen molar-refractivity contribution in [1.29, 1.82) is 0 Å². The van der Waals surface area contributed by atoms with Crippen molar-refractivity contribution < 1.29 is 15.0 Å². The predicted octanol–water partition coefficient (Wildman–Crippen LogP) is 1.66. The molecule has 0 aliphatic rings. The molecule has 0 aliphatic carbocycles. The van der Waals surface area contributed by atoms with Gasteiger partial charge in [0.05, 0.1) is 17.4 Å². The van der Waals surface area contributed by atoms with Crippen molar-refractivity contribution in [3.05, 3.63) is 23.4 Å². The summed E-state index contributed by atoms with van der Waals surface area (Å²) in [6.07, 6.45) is 1.29. The Bertz CT molecular complexity index is 391. The van der Waals surface area contributed by atoms with E-state index in [-0.39, 0.29) is 11.7 Å². The zero-order valence-corrected chi connectivity index (χ0v) is 10.1. The first kappa shape index (κ1) is 13.4. The van der Waals surface area contributed by atoms with Crippen LogP contribution in [0.5, 0.6) is 0 Å². The molecule has 0 spiro atoms. The molecule has 0 bridgehead atoms. The number of nitrogens with one attached hydrogen (secondary N) is 1. The second-order valence-electron chi connectivity index (χ2n) is 4.05. The zero-order valence-electron chi connectivity index (χ0n) is 10.1. The SMILES string of the molecule is Cc1nc(NCCCC(C)O)ccc1C(=O)O. The van der Waals surface area contributed by atoms with E-state index in [0.717, 1.165) is 12.8 Å². The van der Waals surface area contributed by atoms with Gasteiger partial charge in [0.15, 0.2) is 0 Å². The molecule has 94 valence electrons. The molecule has 1 atom stereocenters. The second-order valence-corrected chi connectivity index (χ2v) is 4.05. The van der Waals surface area contributed by atoms with Crippen LogP contribution < -0.4 is 5.32 Å². The third-order valence-corrected chi connectivity index (χ3v) is 2.42. The number of hydrogen-bond acceptors (Lipinski definition) is 4. The van der Waals surface area contributed by atoms with Crippen molar-refractivity contribution in [2.75, 3.05) is 11.9 Å². The molecule has 17 heavy (non-hydrogen) atoms. The summed E-state index contributed by atoms with van der Waals surface area (Å²) in [6, 6.07) is 3.19. The van der Waals surface area contributed by atoms with Gasteiger partial charge in [0.2, 0.25) is 0 Å². The fourth-order valence-corrected chi connectivity index (χ4v) is 1.50. The van der Waals surface area contributed by atoms with E-state index >= 15 is 0 Å². The first-order valence-electron chi connectivity index (χ1n) is 5.63. The van der Waals surface area contributed by atoms with Crippen LogP contribution in [0.15, 0.2) is 12.1 Å². The largest absolute Gasteiger partial charge is 0.478 e. The molecular formula is C12H18N2O3. The predicted molar refractivity (Wildman–Crippen MR) is 65.3 cm³/mol. The lowest BCUT2D eigenvalue weighted by molar-refractivity contribution is 0.0695. The first-order chi connectivity index (χ1) is 8.00. The van der Waals surface area contributed by atoms with E-state index in [0.29, 0.717) is 18.1 Å². The van der Waals surface area contributed by atoms with Crippen molar-refractivity contribution >= 4 is 11.8 Å². The average Bonchev–Trinajstić information content (AvgIpc) is 2.23. The Morgan fingerprint density at radius 1 is 1.53 bits per heavy atom. The lowest BCUT2D eigenvalue weighted by atomic mass is 10.2. The summed E-state index contributed by atoms with van der Waals surface area (Å²) in [6.45, 7) is 4.14. The molecule has 0 amide bonds. The molecule has 0 radical (unpaired) electrons. The van der Waals surface area contributed by atoms with Gasteiger partial charge >= 0.3 is 5.97 Å². The zero-order chi connectivity index (χ0) is 12.8. The lowest BCUT2D eigenvalue weighted by Crippen LogP contribution is -2.09. The average molecular weight is 238 g/mol. The van der Waals surface area contributed by atoms with Gasteiger partial charge in [0.1, 0.15) is 5.82 Å². The topological polar surface area (TPSA) is 82.5 Å². The molecule has 0 saturated carbocycles. The summed E-state index contributed by atoms with van der Waals surface area (Å²) < 4.78 is 0. The number of anilines is 1. The van der Waals surface area contributed by atoms with Crippen LogP contribution in [0.2, 0.25) is 0 Å². The first-order valence-corrected chi connectivity index (χ1v) is 5.63. The number of carboxylic acid groups (broad SMARTS) is 1. The smallest absolute Gasteiger partial charge is 0.337 e. The van der Waals surface area contributed by atoms with Gasteiger partial charge < -0.3 is 15.5 Å². The van der Waals surface area contributed by atoms with E-state index in [4.69, 9.17) is 10.2 Å². The molecular weight excluding hydrogens is 220 g/mol. The normalized spacial score (nSPS) is 12.2. The number of aromatic carboxylic acids is 1. The summed E-state index contributed by atoms with van der Waals surface area (Å²) in [5, 5.41) is 21.0. The maximum absolute atomic E-state index is 10.8. The molecule has 0 aromatic carbocycles. The van der Waals surface area contributed by atoms with E-state index in [1.54, 1.807) is 26.0 Å². The van der Waals surface area contributed by atoms with Crippen LogP contribution in [0.1, 0.15) is 35.8 Å². The molecule has 0 fully saturated rings. The van der Waals surface area contributed by atoms with Crippen molar-refractivity contribution in [2.24, 2.45) is 0 Å². The molecule has 1 aromatic heterocycles. The molecule has 1 aromatic rings. The van der Waals surface area contributed by atoms with Crippen molar-refractivity contribution in [2.45, 2.75) is 32.8 Å². The number of carboxylic acids is 1. The maximum atomic E-state index is 10.8. The molecule has 1 heterocycles. The van der Waals surface area contributed by atoms with E-state index in [2.05, 4.69) is 10.3 Å². The van der Waals surface area contributed by atoms with E-state index in [1.165, 1.54) is 0 Å². The summed E-state index contributed by atoms with van der Waals surface area (Å²) >= 11 is 0. The second kappa shape index (κ2) is 6.20. The summed E-state index contributed by atoms with van der Waals surface area (Å²) in [4.78, 5) is 14.9. The van der Waals surface area contributed by atoms with Gasteiger partial charge in [0.25, 0.3) is 0 Å². The van der Waals surface area contributed by atoms with Gasteiger partial charge in [-0.25, -0.2) is 9.78 Å². The Balaban J connectivity index is 2.50. The van der Waals surface area contributed by atoms with Crippen LogP contribution >= 0.6 is 0 Å². The lowest BCUT2D eigenvalue weighted by Gasteiger charge is -2.08. The minimum atomic E-state index is -0.962. The third-order valence-electron chi connectivity index (χ3n) is 2.42. The molecule has 0 saturated heterocycles. The quantitative estimate of drug-likeness (QED) is 0.656. The molecule has 3 N–H and O–H groups in total. The molecule has 5 heteroatoms. The number of aromatic nitrogens is 1. The van der Waals surface area contributed by atoms with Gasteiger partial charge in [-0.05, 0) is 38.8 Å². The molecule has 1 unspecified atom stereocenters. The van der Waals surface area contributed by atoms with Crippen LogP contribution in [0.25, 0.3) is 0 Å². The van der Waals surface area contributed by atoms with Crippen LogP contribution in [0.3, 0.4) is 0 Å². The number of rotatable bonds is 6. The number of hydrogen-bond donors (Lipinski definition) is 3. The summed E-state index contributed by atoms with van der Waals surface area (Å²) in [5.41, 5.74) is 0.720. The highest BCUT2D eigenvalue weighted by molar-refractivity contribution is 5.89. The Labute approximate surface area is 101 Å². The number of pyridine rings is 1. The minimum Gasteiger partial charge on any atom is -0.478 e. The highest BCUT2D eigenvalue weighted by atomic mass is 16.4. The fraction of sp³-hybridized carbons (Fsp3) is 0.500. The Kier molecular flexibility index (Phi) is 4.90. The third kappa shape index (κ3) is 4.40. The fourth-order valence-electron chi connectivity index (χ4n) is 1.50. The Morgan fingerprint density at radius 2 is 2.24 bits per heavy atom. The molecule has 0 aliphatic heterocycles. The Hall–Kier alpha value is -1.62. The van der Waals surface area contributed by atoms with E-state index < -0.39 is 5.97 Å². The van der Waals surface area contributed by atoms with Crippen molar-refractivity contribution in [3.63, 3.8) is 0 Å². The Morgan fingerprint density at radius 3 is 2.76 bits per heavy atom. The number of carbonyl (C=O) groups is 1. The van der Waals surface area contributed by atoms with Crippen LogP contribution in [-0.2, 0) is 0 Å². The molecule has 5 nitrogen and oxygen atoms in total. The van der Waals surface area contributed by atoms with Crippen LogP contribution in [0.4, 0.5) is 5.82 Å².